The molecule has 372 valence electrons. The number of halogens is 4. The van der Waals surface area contributed by atoms with Gasteiger partial charge in [0.15, 0.2) is 0 Å². The van der Waals surface area contributed by atoms with Crippen molar-refractivity contribution in [1.29, 1.82) is 0 Å². The zero-order chi connectivity index (χ0) is 45.4. The zero-order valence-electron chi connectivity index (χ0n) is 39.3. The summed E-state index contributed by atoms with van der Waals surface area (Å²) in [5, 5.41) is 41.8. The second kappa shape index (κ2) is 28.0. The van der Waals surface area contributed by atoms with Gasteiger partial charge in [0, 0.05) is 21.5 Å². The minimum absolute atomic E-state index is 0. The molecule has 67 heavy (non-hydrogen) atoms. The van der Waals surface area contributed by atoms with Crippen molar-refractivity contribution in [1.82, 2.24) is 19.6 Å². The summed E-state index contributed by atoms with van der Waals surface area (Å²) in [7, 11) is 15.9. The molecule has 19 heteroatoms. The number of hydrogen-bond acceptors (Lipinski definition) is 10. The molecule has 0 unspecified atom stereocenters. The van der Waals surface area contributed by atoms with Gasteiger partial charge in [0.2, 0.25) is 0 Å². The summed E-state index contributed by atoms with van der Waals surface area (Å²) >= 11 is 0. The van der Waals surface area contributed by atoms with E-state index in [9.17, 15) is 39.6 Å². The standard InChI is InChI=1S/2C24H30N2O5.4ClH.H2O/c2*1-25(2)11-5-7-15-14-20-22(17(21(15)24(29)30)8-6-12-26(3)4)18-13-16(23(27)28)9-10-19(18)31-20;;;;;/h2*9-10,13-14H,5-8,11-12H2,1-4H3,(H,27,28)(H,29,30);4*1H;1H2. The maximum absolute atomic E-state index is 12.4. The van der Waals surface area contributed by atoms with E-state index in [4.69, 9.17) is 8.83 Å². The van der Waals surface area contributed by atoms with Crippen LogP contribution < -0.4 is 0 Å². The number of hydrogen-bond donors (Lipinski definition) is 4. The van der Waals surface area contributed by atoms with E-state index >= 15 is 0 Å². The minimum atomic E-state index is -1.02. The van der Waals surface area contributed by atoms with Gasteiger partial charge in [0.25, 0.3) is 0 Å². The van der Waals surface area contributed by atoms with Gasteiger partial charge in [-0.05, 0) is 205 Å². The highest BCUT2D eigenvalue weighted by Crippen LogP contribution is 2.38. The van der Waals surface area contributed by atoms with Crippen molar-refractivity contribution in [3.05, 3.63) is 93.0 Å². The molecule has 0 fully saturated rings. The number of carboxylic acids is 4. The van der Waals surface area contributed by atoms with Crippen molar-refractivity contribution in [2.24, 2.45) is 0 Å². The Morgan fingerprint density at radius 1 is 0.433 bits per heavy atom. The van der Waals surface area contributed by atoms with Crippen LogP contribution in [0.5, 0.6) is 0 Å². The van der Waals surface area contributed by atoms with Gasteiger partial charge >= 0.3 is 23.9 Å². The van der Waals surface area contributed by atoms with E-state index in [-0.39, 0.29) is 66.2 Å². The van der Waals surface area contributed by atoms with Crippen LogP contribution in [0.25, 0.3) is 43.9 Å². The van der Waals surface area contributed by atoms with E-state index < -0.39 is 23.9 Å². The van der Waals surface area contributed by atoms with Crippen molar-refractivity contribution in [2.75, 3.05) is 82.6 Å². The van der Waals surface area contributed by atoms with E-state index in [1.165, 1.54) is 12.1 Å². The maximum Gasteiger partial charge on any atom is 0.336 e. The first-order valence-corrected chi connectivity index (χ1v) is 20.9. The SMILES string of the molecule is CN(C)CCCc1cc2oc3ccc(C(=O)O)cc3c2c(CCCN(C)C)c1C(=O)O.CN(C)CCCc1cc2oc3ccc(C(=O)O)cc3c2c(CCCN(C)C)c1C(=O)O.Cl.Cl.Cl.Cl.O. The van der Waals surface area contributed by atoms with E-state index in [0.29, 0.717) is 80.7 Å². The molecule has 0 saturated carbocycles. The molecule has 2 aromatic heterocycles. The number of aryl methyl sites for hydroxylation is 4. The Morgan fingerprint density at radius 3 is 1.00 bits per heavy atom. The van der Waals surface area contributed by atoms with Crippen molar-refractivity contribution in [3.8, 4) is 0 Å². The van der Waals surface area contributed by atoms with Gasteiger partial charge in [-0.2, -0.15) is 0 Å². The number of furan rings is 2. The third-order valence-corrected chi connectivity index (χ3v) is 11.0. The Morgan fingerprint density at radius 2 is 0.731 bits per heavy atom. The summed E-state index contributed by atoms with van der Waals surface area (Å²) in [4.78, 5) is 56.0. The molecule has 6 aromatic rings. The molecular weight excluding hydrogens is 950 g/mol. The number of benzene rings is 4. The molecule has 6 N–H and O–H groups in total. The van der Waals surface area contributed by atoms with Crippen LogP contribution >= 0.6 is 49.6 Å². The van der Waals surface area contributed by atoms with E-state index in [0.717, 1.165) is 74.1 Å². The quantitative estimate of drug-likeness (QED) is 0.0562. The molecule has 6 rings (SSSR count). The number of aromatic carboxylic acids is 4. The normalized spacial score (nSPS) is 10.9. The van der Waals surface area contributed by atoms with Crippen LogP contribution in [0.15, 0.2) is 57.4 Å². The highest BCUT2D eigenvalue weighted by atomic mass is 35.5. The lowest BCUT2D eigenvalue weighted by atomic mass is 9.90. The van der Waals surface area contributed by atoms with Crippen LogP contribution in [0.4, 0.5) is 0 Å². The third kappa shape index (κ3) is 15.7. The van der Waals surface area contributed by atoms with Gasteiger partial charge in [-0.3, -0.25) is 0 Å². The molecule has 0 aliphatic rings. The van der Waals surface area contributed by atoms with Gasteiger partial charge in [0.1, 0.15) is 22.3 Å². The van der Waals surface area contributed by atoms with Gasteiger partial charge in [-0.15, -0.1) is 49.6 Å². The molecule has 0 bridgehead atoms. The molecule has 0 saturated heterocycles. The summed E-state index contributed by atoms with van der Waals surface area (Å²) in [6, 6.07) is 13.1. The van der Waals surface area contributed by atoms with Crippen LogP contribution in [0.1, 0.15) is 89.4 Å². The molecule has 0 aliphatic heterocycles. The number of fused-ring (bicyclic) bond motifs is 6. The largest absolute Gasteiger partial charge is 0.478 e. The zero-order valence-corrected chi connectivity index (χ0v) is 42.5. The molecule has 0 aliphatic carbocycles. The van der Waals surface area contributed by atoms with Crippen LogP contribution in [-0.4, -0.2) is 152 Å². The summed E-state index contributed by atoms with van der Waals surface area (Å²) < 4.78 is 12.1. The number of carbonyl (C=O) groups is 4. The minimum Gasteiger partial charge on any atom is -0.478 e. The van der Waals surface area contributed by atoms with Gasteiger partial charge in [0.05, 0.1) is 22.3 Å². The Kier molecular flexibility index (Phi) is 26.0. The third-order valence-electron chi connectivity index (χ3n) is 11.0. The average Bonchev–Trinajstić information content (AvgIpc) is 3.74. The Balaban J connectivity index is 0.00000121. The van der Waals surface area contributed by atoms with Gasteiger partial charge in [-0.25, -0.2) is 19.2 Å². The van der Waals surface area contributed by atoms with Crippen LogP contribution in [0.3, 0.4) is 0 Å². The highest BCUT2D eigenvalue weighted by molar-refractivity contribution is 6.13. The lowest BCUT2D eigenvalue weighted by Crippen LogP contribution is -2.16. The van der Waals surface area contributed by atoms with Crippen LogP contribution in [-0.2, 0) is 25.7 Å². The fourth-order valence-corrected chi connectivity index (χ4v) is 8.17. The van der Waals surface area contributed by atoms with Crippen molar-refractivity contribution >= 4 is 117 Å². The van der Waals surface area contributed by atoms with Crippen molar-refractivity contribution in [2.45, 2.75) is 51.4 Å². The summed E-state index contributed by atoms with van der Waals surface area (Å²) in [5.41, 5.74) is 6.31. The topological polar surface area (TPSA) is 220 Å². The van der Waals surface area contributed by atoms with E-state index in [1.807, 2.05) is 68.5 Å². The Bertz CT molecular complexity index is 2430. The second-order valence-electron chi connectivity index (χ2n) is 17.0. The van der Waals surface area contributed by atoms with E-state index in [1.54, 1.807) is 24.3 Å². The first-order valence-electron chi connectivity index (χ1n) is 20.9. The molecular formula is C48H66Cl4N4O11. The van der Waals surface area contributed by atoms with Crippen molar-refractivity contribution < 1.29 is 53.9 Å². The van der Waals surface area contributed by atoms with Crippen LogP contribution in [0, 0.1) is 0 Å². The number of nitrogens with zero attached hydrogens (tertiary/aromatic N) is 4. The smallest absolute Gasteiger partial charge is 0.336 e. The monoisotopic (exact) mass is 1010 g/mol. The average molecular weight is 1020 g/mol. The molecule has 4 aromatic carbocycles. The molecule has 15 nitrogen and oxygen atoms in total. The second-order valence-corrected chi connectivity index (χ2v) is 17.0. The molecule has 0 amide bonds. The number of rotatable bonds is 20. The summed E-state index contributed by atoms with van der Waals surface area (Å²) in [6.07, 6.45) is 5.65. The lowest BCUT2D eigenvalue weighted by molar-refractivity contribution is 0.0683. The van der Waals surface area contributed by atoms with Gasteiger partial charge < -0.3 is 54.3 Å². The first-order chi connectivity index (χ1) is 29.4. The highest BCUT2D eigenvalue weighted by Gasteiger charge is 2.25. The molecule has 2 heterocycles. The lowest BCUT2D eigenvalue weighted by Gasteiger charge is -2.16. The fraction of sp³-hybridized carbons (Fsp3) is 0.417. The Labute approximate surface area is 416 Å². The predicted octanol–water partition coefficient (Wildman–Crippen LogP) is 8.80. The summed E-state index contributed by atoms with van der Waals surface area (Å²) in [5.74, 6) is -3.95. The molecule has 0 radical (unpaired) electrons. The maximum atomic E-state index is 12.4. The van der Waals surface area contributed by atoms with Gasteiger partial charge in [-0.1, -0.05) is 0 Å². The fourth-order valence-electron chi connectivity index (χ4n) is 8.17. The van der Waals surface area contributed by atoms with E-state index in [2.05, 4.69) is 19.6 Å². The van der Waals surface area contributed by atoms with Crippen LogP contribution in [0.2, 0.25) is 0 Å². The Hall–Kier alpha value is -4.68. The molecule has 0 atom stereocenters. The summed E-state index contributed by atoms with van der Waals surface area (Å²) in [6.45, 7) is 3.35. The molecule has 0 spiro atoms. The first kappa shape index (κ1) is 62.3. The predicted molar refractivity (Wildman–Crippen MR) is 275 cm³/mol. The van der Waals surface area contributed by atoms with Crippen molar-refractivity contribution in [3.63, 3.8) is 0 Å². The number of carboxylic acid groups (broad SMARTS) is 4.